The van der Waals surface area contributed by atoms with Crippen molar-refractivity contribution in [2.75, 3.05) is 0 Å². The standard InChI is InChI=1S/C14H14N2O/c17-11-3-1-2-9-15-13-8-4-6-12-7-5-10-16-14(12)13/h4-11H,1-3H2. The van der Waals surface area contributed by atoms with Gasteiger partial charge in [-0.25, -0.2) is 0 Å². The van der Waals surface area contributed by atoms with Crippen LogP contribution < -0.4 is 0 Å². The van der Waals surface area contributed by atoms with Crippen LogP contribution in [0.4, 0.5) is 5.69 Å². The molecule has 0 N–H and O–H groups in total. The van der Waals surface area contributed by atoms with Crippen molar-refractivity contribution in [1.82, 2.24) is 4.98 Å². The predicted octanol–water partition coefficient (Wildman–Crippen LogP) is 3.31. The highest BCUT2D eigenvalue weighted by Crippen LogP contribution is 2.22. The molecular weight excluding hydrogens is 212 g/mol. The number of nitrogens with zero attached hydrogens (tertiary/aromatic N) is 2. The summed E-state index contributed by atoms with van der Waals surface area (Å²) in [6.07, 6.45) is 6.83. The Kier molecular flexibility index (Phi) is 3.97. The van der Waals surface area contributed by atoms with Gasteiger partial charge >= 0.3 is 0 Å². The number of aromatic nitrogens is 1. The van der Waals surface area contributed by atoms with Gasteiger partial charge in [-0.3, -0.25) is 9.98 Å². The van der Waals surface area contributed by atoms with Gasteiger partial charge in [-0.15, -0.1) is 0 Å². The van der Waals surface area contributed by atoms with Crippen LogP contribution in [-0.2, 0) is 4.79 Å². The van der Waals surface area contributed by atoms with E-state index >= 15 is 0 Å². The van der Waals surface area contributed by atoms with Crippen LogP contribution in [0.25, 0.3) is 10.9 Å². The predicted molar refractivity (Wildman–Crippen MR) is 69.8 cm³/mol. The number of para-hydroxylation sites is 1. The highest BCUT2D eigenvalue weighted by atomic mass is 16.1. The van der Waals surface area contributed by atoms with Crippen molar-refractivity contribution in [2.45, 2.75) is 19.3 Å². The maximum absolute atomic E-state index is 10.2. The Balaban J connectivity index is 2.15. The van der Waals surface area contributed by atoms with Crippen LogP contribution in [0.15, 0.2) is 41.5 Å². The first-order valence-corrected chi connectivity index (χ1v) is 5.72. The number of aldehydes is 1. The average molecular weight is 226 g/mol. The van der Waals surface area contributed by atoms with Crippen molar-refractivity contribution in [1.29, 1.82) is 0 Å². The van der Waals surface area contributed by atoms with Gasteiger partial charge in [0.25, 0.3) is 0 Å². The zero-order chi connectivity index (χ0) is 11.9. The van der Waals surface area contributed by atoms with E-state index in [2.05, 4.69) is 9.98 Å². The molecule has 17 heavy (non-hydrogen) atoms. The summed E-state index contributed by atoms with van der Waals surface area (Å²) < 4.78 is 0. The molecule has 0 unspecified atom stereocenters. The number of unbranched alkanes of at least 4 members (excludes halogenated alkanes) is 2. The number of carbonyl (C=O) groups excluding carboxylic acids is 1. The molecule has 0 aliphatic heterocycles. The number of carbonyl (C=O) groups is 1. The van der Waals surface area contributed by atoms with Crippen LogP contribution >= 0.6 is 0 Å². The molecule has 0 fully saturated rings. The molecule has 1 aromatic carbocycles. The zero-order valence-corrected chi connectivity index (χ0v) is 9.54. The smallest absolute Gasteiger partial charge is 0.120 e. The van der Waals surface area contributed by atoms with E-state index in [-0.39, 0.29) is 0 Å². The summed E-state index contributed by atoms with van der Waals surface area (Å²) in [6, 6.07) is 9.88. The van der Waals surface area contributed by atoms with Crippen molar-refractivity contribution in [2.24, 2.45) is 4.99 Å². The normalized spacial score (nSPS) is 11.1. The summed E-state index contributed by atoms with van der Waals surface area (Å²) in [4.78, 5) is 18.9. The van der Waals surface area contributed by atoms with Gasteiger partial charge in [0.15, 0.2) is 0 Å². The van der Waals surface area contributed by atoms with Gasteiger partial charge in [0.05, 0.1) is 11.2 Å². The van der Waals surface area contributed by atoms with Crippen LogP contribution in [0.3, 0.4) is 0 Å². The van der Waals surface area contributed by atoms with Gasteiger partial charge in [-0.05, 0) is 25.0 Å². The lowest BCUT2D eigenvalue weighted by Crippen LogP contribution is -1.81. The summed E-state index contributed by atoms with van der Waals surface area (Å²) in [6.45, 7) is 0. The first kappa shape index (κ1) is 11.5. The Bertz CT molecular complexity index is 529. The van der Waals surface area contributed by atoms with E-state index < -0.39 is 0 Å². The van der Waals surface area contributed by atoms with Crippen molar-refractivity contribution in [3.05, 3.63) is 36.5 Å². The van der Waals surface area contributed by atoms with E-state index in [4.69, 9.17) is 0 Å². The van der Waals surface area contributed by atoms with Gasteiger partial charge < -0.3 is 4.79 Å². The molecule has 1 aromatic heterocycles. The van der Waals surface area contributed by atoms with E-state index in [9.17, 15) is 4.79 Å². The first-order chi connectivity index (χ1) is 8.42. The molecule has 2 aromatic rings. The minimum Gasteiger partial charge on any atom is -0.303 e. The van der Waals surface area contributed by atoms with Gasteiger partial charge in [-0.2, -0.15) is 0 Å². The molecule has 3 heteroatoms. The van der Waals surface area contributed by atoms with Crippen LogP contribution in [0.2, 0.25) is 0 Å². The SMILES string of the molecule is O=CCCCC=Nc1cccc2cccnc12. The highest BCUT2D eigenvalue weighted by Gasteiger charge is 1.98. The Labute approximate surface area is 100 Å². The number of aliphatic imine (C=N–C) groups is 1. The van der Waals surface area contributed by atoms with Gasteiger partial charge in [0, 0.05) is 24.2 Å². The molecule has 0 amide bonds. The first-order valence-electron chi connectivity index (χ1n) is 5.72. The number of benzene rings is 1. The van der Waals surface area contributed by atoms with Gasteiger partial charge in [0.2, 0.25) is 0 Å². The molecule has 0 spiro atoms. The Morgan fingerprint density at radius 2 is 2.06 bits per heavy atom. The molecular formula is C14H14N2O. The second-order valence-corrected chi connectivity index (χ2v) is 3.76. The molecule has 0 aliphatic carbocycles. The van der Waals surface area contributed by atoms with Gasteiger partial charge in [0.1, 0.15) is 6.29 Å². The topological polar surface area (TPSA) is 42.3 Å². The fraction of sp³-hybridized carbons (Fsp3) is 0.214. The molecule has 2 rings (SSSR count). The number of rotatable bonds is 5. The quantitative estimate of drug-likeness (QED) is 0.446. The minimum absolute atomic E-state index is 0.597. The average Bonchev–Trinajstić information content (AvgIpc) is 2.39. The lowest BCUT2D eigenvalue weighted by molar-refractivity contribution is -0.107. The maximum atomic E-state index is 10.2. The lowest BCUT2D eigenvalue weighted by Gasteiger charge is -1.99. The number of pyridine rings is 1. The summed E-state index contributed by atoms with van der Waals surface area (Å²) in [5, 5.41) is 1.09. The van der Waals surface area contributed by atoms with E-state index in [0.29, 0.717) is 6.42 Å². The van der Waals surface area contributed by atoms with Crippen molar-refractivity contribution >= 4 is 29.1 Å². The molecule has 0 saturated heterocycles. The third-order valence-corrected chi connectivity index (χ3v) is 2.50. The Hall–Kier alpha value is -2.03. The van der Waals surface area contributed by atoms with Crippen molar-refractivity contribution in [3.63, 3.8) is 0 Å². The summed E-state index contributed by atoms with van der Waals surface area (Å²) in [7, 11) is 0. The lowest BCUT2D eigenvalue weighted by atomic mass is 10.2. The second-order valence-electron chi connectivity index (χ2n) is 3.76. The molecule has 0 atom stereocenters. The number of fused-ring (bicyclic) bond motifs is 1. The Morgan fingerprint density at radius 1 is 1.18 bits per heavy atom. The summed E-state index contributed by atoms with van der Waals surface area (Å²) in [5.41, 5.74) is 1.80. The largest absolute Gasteiger partial charge is 0.303 e. The molecule has 0 saturated carbocycles. The van der Waals surface area contributed by atoms with E-state index in [0.717, 1.165) is 35.7 Å². The highest BCUT2D eigenvalue weighted by molar-refractivity contribution is 5.90. The fourth-order valence-electron chi connectivity index (χ4n) is 1.65. The third kappa shape index (κ3) is 2.97. The third-order valence-electron chi connectivity index (χ3n) is 2.50. The van der Waals surface area contributed by atoms with E-state index in [1.807, 2.05) is 36.5 Å². The maximum Gasteiger partial charge on any atom is 0.120 e. The summed E-state index contributed by atoms with van der Waals surface area (Å²) >= 11 is 0. The zero-order valence-electron chi connectivity index (χ0n) is 9.54. The Morgan fingerprint density at radius 3 is 2.94 bits per heavy atom. The van der Waals surface area contributed by atoms with E-state index in [1.165, 1.54) is 0 Å². The molecule has 0 aliphatic rings. The fourth-order valence-corrected chi connectivity index (χ4v) is 1.65. The molecule has 0 bridgehead atoms. The van der Waals surface area contributed by atoms with Crippen LogP contribution in [-0.4, -0.2) is 17.5 Å². The monoisotopic (exact) mass is 226 g/mol. The molecule has 0 radical (unpaired) electrons. The second kappa shape index (κ2) is 5.89. The van der Waals surface area contributed by atoms with Gasteiger partial charge in [-0.1, -0.05) is 18.2 Å². The molecule has 86 valence electrons. The number of hydrogen-bond donors (Lipinski definition) is 0. The van der Waals surface area contributed by atoms with Crippen LogP contribution in [0.5, 0.6) is 0 Å². The van der Waals surface area contributed by atoms with Crippen LogP contribution in [0.1, 0.15) is 19.3 Å². The molecule has 1 heterocycles. The molecule has 3 nitrogen and oxygen atoms in total. The van der Waals surface area contributed by atoms with Crippen LogP contribution in [0, 0.1) is 0 Å². The minimum atomic E-state index is 0.597. The van der Waals surface area contributed by atoms with Crippen molar-refractivity contribution in [3.8, 4) is 0 Å². The summed E-state index contributed by atoms with van der Waals surface area (Å²) in [5.74, 6) is 0. The van der Waals surface area contributed by atoms with E-state index in [1.54, 1.807) is 6.20 Å². The number of hydrogen-bond acceptors (Lipinski definition) is 3. The van der Waals surface area contributed by atoms with Crippen molar-refractivity contribution < 1.29 is 4.79 Å².